The molecular weight excluding hydrogens is 220 g/mol. The summed E-state index contributed by atoms with van der Waals surface area (Å²) in [6.45, 7) is 4.10. The van der Waals surface area contributed by atoms with E-state index in [9.17, 15) is 0 Å². The Hall–Kier alpha value is -1.75. The number of nitrogen functional groups attached to an aromatic ring is 1. The Morgan fingerprint density at radius 2 is 2.00 bits per heavy atom. The Morgan fingerprint density at radius 1 is 1.25 bits per heavy atom. The number of nitrogens with two attached hydrogens (primary N) is 1. The Morgan fingerprint density at radius 3 is 2.69 bits per heavy atom. The standard InChI is InChI=1S/C11H12N4S/c1-6-4-3-5-8(7(6)2)9-13-10(12)15-11(16)14-9/h3-5H,1-2H3,(H3,12,13,14,15,16). The average Bonchev–Trinajstić information content (AvgIpc) is 2.20. The van der Waals surface area contributed by atoms with Crippen molar-refractivity contribution in [2.75, 3.05) is 5.73 Å². The van der Waals surface area contributed by atoms with Gasteiger partial charge in [-0.05, 0) is 37.2 Å². The van der Waals surface area contributed by atoms with E-state index in [0.29, 0.717) is 5.82 Å². The van der Waals surface area contributed by atoms with Crippen molar-refractivity contribution in [1.29, 1.82) is 0 Å². The van der Waals surface area contributed by atoms with E-state index >= 15 is 0 Å². The maximum atomic E-state index is 5.61. The zero-order chi connectivity index (χ0) is 11.7. The first-order valence-corrected chi connectivity index (χ1v) is 5.29. The van der Waals surface area contributed by atoms with Crippen molar-refractivity contribution in [2.24, 2.45) is 0 Å². The van der Waals surface area contributed by atoms with Gasteiger partial charge in [0.1, 0.15) is 5.82 Å². The highest BCUT2D eigenvalue weighted by atomic mass is 32.1. The molecule has 0 radical (unpaired) electrons. The molecule has 0 saturated heterocycles. The molecule has 82 valence electrons. The Balaban J connectivity index is 2.67. The molecule has 1 aromatic carbocycles. The number of rotatable bonds is 1. The van der Waals surface area contributed by atoms with Crippen LogP contribution in [0.3, 0.4) is 0 Å². The summed E-state index contributed by atoms with van der Waals surface area (Å²) < 4.78 is 0.257. The Kier molecular flexibility index (Phi) is 2.70. The molecule has 1 aromatic heterocycles. The van der Waals surface area contributed by atoms with E-state index in [4.69, 9.17) is 18.0 Å². The third-order valence-corrected chi connectivity index (χ3v) is 2.71. The summed E-state index contributed by atoms with van der Waals surface area (Å²) in [4.78, 5) is 10.9. The van der Waals surface area contributed by atoms with Crippen molar-refractivity contribution in [3.05, 3.63) is 34.1 Å². The van der Waals surface area contributed by atoms with Gasteiger partial charge in [0.05, 0.1) is 0 Å². The highest BCUT2D eigenvalue weighted by Gasteiger charge is 2.06. The number of anilines is 1. The lowest BCUT2D eigenvalue weighted by Crippen LogP contribution is -2.01. The molecule has 3 N–H and O–H groups in total. The first-order valence-electron chi connectivity index (χ1n) is 4.88. The lowest BCUT2D eigenvalue weighted by Gasteiger charge is -2.07. The largest absolute Gasteiger partial charge is 0.369 e. The number of aryl methyl sites for hydroxylation is 1. The lowest BCUT2D eigenvalue weighted by molar-refractivity contribution is 1.04. The van der Waals surface area contributed by atoms with Crippen LogP contribution in [-0.2, 0) is 0 Å². The molecule has 0 aliphatic heterocycles. The van der Waals surface area contributed by atoms with Crippen LogP contribution in [-0.4, -0.2) is 15.0 Å². The van der Waals surface area contributed by atoms with E-state index in [2.05, 4.69) is 27.9 Å². The number of hydrogen-bond acceptors (Lipinski definition) is 4. The molecule has 0 aliphatic rings. The quantitative estimate of drug-likeness (QED) is 0.741. The summed E-state index contributed by atoms with van der Waals surface area (Å²) in [5, 5.41) is 0. The molecule has 0 amide bonds. The van der Waals surface area contributed by atoms with Crippen LogP contribution in [0.4, 0.5) is 5.95 Å². The summed E-state index contributed by atoms with van der Waals surface area (Å²) in [6, 6.07) is 6.01. The maximum absolute atomic E-state index is 5.61. The molecule has 2 aromatic rings. The number of aromatic nitrogens is 3. The predicted molar refractivity (Wildman–Crippen MR) is 66.5 cm³/mol. The van der Waals surface area contributed by atoms with Crippen LogP contribution in [0.2, 0.25) is 0 Å². The van der Waals surface area contributed by atoms with Gasteiger partial charge in [-0.1, -0.05) is 18.2 Å². The molecule has 5 heteroatoms. The molecule has 16 heavy (non-hydrogen) atoms. The molecule has 0 aliphatic carbocycles. The van der Waals surface area contributed by atoms with E-state index in [-0.39, 0.29) is 10.7 Å². The second-order valence-corrected chi connectivity index (χ2v) is 3.98. The first kappa shape index (κ1) is 10.8. The van der Waals surface area contributed by atoms with Gasteiger partial charge in [0, 0.05) is 5.56 Å². The highest BCUT2D eigenvalue weighted by Crippen LogP contribution is 2.22. The summed E-state index contributed by atoms with van der Waals surface area (Å²) >= 11 is 4.94. The number of benzene rings is 1. The summed E-state index contributed by atoms with van der Waals surface area (Å²) in [6.07, 6.45) is 0. The van der Waals surface area contributed by atoms with Crippen molar-refractivity contribution >= 4 is 18.2 Å². The van der Waals surface area contributed by atoms with Crippen molar-refractivity contribution in [2.45, 2.75) is 13.8 Å². The zero-order valence-corrected chi connectivity index (χ0v) is 9.93. The van der Waals surface area contributed by atoms with Crippen molar-refractivity contribution in [1.82, 2.24) is 15.0 Å². The summed E-state index contributed by atoms with van der Waals surface area (Å²) in [5.41, 5.74) is 8.97. The second-order valence-electron chi connectivity index (χ2n) is 3.61. The van der Waals surface area contributed by atoms with Gasteiger partial charge < -0.3 is 10.7 Å². The number of H-pyrrole nitrogens is 1. The second kappa shape index (κ2) is 4.02. The monoisotopic (exact) mass is 232 g/mol. The van der Waals surface area contributed by atoms with Crippen LogP contribution in [0.5, 0.6) is 0 Å². The minimum Gasteiger partial charge on any atom is -0.369 e. The number of nitrogens with zero attached hydrogens (tertiary/aromatic N) is 2. The average molecular weight is 232 g/mol. The van der Waals surface area contributed by atoms with Gasteiger partial charge in [-0.3, -0.25) is 0 Å². The molecule has 2 rings (SSSR count). The SMILES string of the molecule is Cc1cccc(-c2nc(=S)nc(N)[nH]2)c1C. The van der Waals surface area contributed by atoms with Gasteiger partial charge >= 0.3 is 0 Å². The van der Waals surface area contributed by atoms with Crippen LogP contribution in [0, 0.1) is 18.6 Å². The molecule has 4 nitrogen and oxygen atoms in total. The van der Waals surface area contributed by atoms with E-state index < -0.39 is 0 Å². The van der Waals surface area contributed by atoms with E-state index in [1.165, 1.54) is 5.56 Å². The van der Waals surface area contributed by atoms with Crippen LogP contribution < -0.4 is 5.73 Å². The fourth-order valence-electron chi connectivity index (χ4n) is 1.54. The minimum atomic E-state index is 0.257. The molecular formula is C11H12N4S. The lowest BCUT2D eigenvalue weighted by atomic mass is 10.0. The molecule has 0 atom stereocenters. The molecule has 0 bridgehead atoms. The maximum Gasteiger partial charge on any atom is 0.224 e. The van der Waals surface area contributed by atoms with Gasteiger partial charge in [0.2, 0.25) is 10.7 Å². The number of aromatic amines is 1. The van der Waals surface area contributed by atoms with Gasteiger partial charge in [-0.2, -0.15) is 4.98 Å². The third kappa shape index (κ3) is 1.94. The molecule has 0 saturated carbocycles. The third-order valence-electron chi connectivity index (χ3n) is 2.53. The van der Waals surface area contributed by atoms with E-state index in [1.807, 2.05) is 19.1 Å². The molecule has 0 spiro atoms. The van der Waals surface area contributed by atoms with Gasteiger partial charge in [-0.25, -0.2) is 4.98 Å². The van der Waals surface area contributed by atoms with Crippen molar-refractivity contribution in [3.8, 4) is 11.4 Å². The Labute approximate surface area is 98.6 Å². The normalized spacial score (nSPS) is 10.4. The molecule has 0 unspecified atom stereocenters. The fourth-order valence-corrected chi connectivity index (χ4v) is 1.73. The van der Waals surface area contributed by atoms with Gasteiger partial charge in [0.15, 0.2) is 0 Å². The predicted octanol–water partition coefficient (Wildman–Crippen LogP) is 2.40. The highest BCUT2D eigenvalue weighted by molar-refractivity contribution is 7.71. The van der Waals surface area contributed by atoms with E-state index in [0.717, 1.165) is 11.1 Å². The smallest absolute Gasteiger partial charge is 0.224 e. The van der Waals surface area contributed by atoms with Crippen LogP contribution in [0.15, 0.2) is 18.2 Å². The first-order chi connectivity index (χ1) is 7.58. The van der Waals surface area contributed by atoms with Crippen LogP contribution in [0.1, 0.15) is 11.1 Å². The Bertz CT molecular complexity index is 589. The van der Waals surface area contributed by atoms with Crippen molar-refractivity contribution in [3.63, 3.8) is 0 Å². The van der Waals surface area contributed by atoms with Gasteiger partial charge in [0.25, 0.3) is 0 Å². The molecule has 1 heterocycles. The molecule has 0 fully saturated rings. The summed E-state index contributed by atoms with van der Waals surface area (Å²) in [7, 11) is 0. The van der Waals surface area contributed by atoms with Crippen LogP contribution in [0.25, 0.3) is 11.4 Å². The zero-order valence-electron chi connectivity index (χ0n) is 9.11. The minimum absolute atomic E-state index is 0.257. The summed E-state index contributed by atoms with van der Waals surface area (Å²) in [5.74, 6) is 0.953. The topological polar surface area (TPSA) is 67.6 Å². The number of hydrogen-bond donors (Lipinski definition) is 2. The van der Waals surface area contributed by atoms with Gasteiger partial charge in [-0.15, -0.1) is 0 Å². The van der Waals surface area contributed by atoms with E-state index in [1.54, 1.807) is 0 Å². The van der Waals surface area contributed by atoms with Crippen molar-refractivity contribution < 1.29 is 0 Å². The fraction of sp³-hybridized carbons (Fsp3) is 0.182. The van der Waals surface area contributed by atoms with Crippen LogP contribution >= 0.6 is 12.2 Å². The number of nitrogens with one attached hydrogen (secondary N) is 1.